The van der Waals surface area contributed by atoms with Gasteiger partial charge in [-0.25, -0.2) is 0 Å². The number of halogens is 2. The third kappa shape index (κ3) is 2.64. The molecule has 0 saturated heterocycles. The van der Waals surface area contributed by atoms with Gasteiger partial charge in [0.25, 0.3) is 0 Å². The van der Waals surface area contributed by atoms with Crippen molar-refractivity contribution in [2.75, 3.05) is 5.73 Å². The van der Waals surface area contributed by atoms with Crippen molar-refractivity contribution in [2.24, 2.45) is 0 Å². The highest BCUT2D eigenvalue weighted by atomic mass is 79.9. The van der Waals surface area contributed by atoms with Gasteiger partial charge in [-0.3, -0.25) is 0 Å². The van der Waals surface area contributed by atoms with Gasteiger partial charge in [0.05, 0.1) is 5.69 Å². The maximum absolute atomic E-state index is 5.97. The lowest BCUT2D eigenvalue weighted by molar-refractivity contribution is 0.789. The molecule has 21 heavy (non-hydrogen) atoms. The summed E-state index contributed by atoms with van der Waals surface area (Å²) in [6.45, 7) is 1.99. The lowest BCUT2D eigenvalue weighted by Crippen LogP contribution is -2.02. The van der Waals surface area contributed by atoms with Crippen LogP contribution in [0.1, 0.15) is 5.56 Å². The number of hydrogen-bond donors (Lipinski definition) is 1. The third-order valence-corrected chi connectivity index (χ3v) is 3.98. The Bertz CT molecular complexity index is 815. The number of nitrogens with two attached hydrogens (primary N) is 1. The van der Waals surface area contributed by atoms with Crippen LogP contribution in [0.4, 0.5) is 5.69 Å². The summed E-state index contributed by atoms with van der Waals surface area (Å²) < 4.78 is 2.47. The number of nitrogen functional groups attached to an aromatic ring is 1. The van der Waals surface area contributed by atoms with Crippen LogP contribution in [0.3, 0.4) is 0 Å². The van der Waals surface area contributed by atoms with E-state index in [-0.39, 0.29) is 0 Å². The Morgan fingerprint density at radius 2 is 2.00 bits per heavy atom. The molecule has 0 amide bonds. The second kappa shape index (κ2) is 5.46. The zero-order chi connectivity index (χ0) is 15.0. The normalized spacial score (nSPS) is 10.8. The van der Waals surface area contributed by atoms with Crippen LogP contribution >= 0.6 is 27.5 Å². The molecule has 0 saturated carbocycles. The molecule has 0 aliphatic rings. The Hall–Kier alpha value is -1.92. The fraction of sp³-hybridized carbons (Fsp3) is 0.0714. The number of aromatic nitrogens is 4. The molecule has 0 spiro atoms. The minimum absolute atomic E-state index is 0.628. The highest BCUT2D eigenvalue weighted by Gasteiger charge is 2.15. The molecule has 5 nitrogen and oxygen atoms in total. The monoisotopic (exact) mass is 363 g/mol. The van der Waals surface area contributed by atoms with Gasteiger partial charge in [0.1, 0.15) is 0 Å². The Kier molecular flexibility index (Phi) is 3.65. The van der Waals surface area contributed by atoms with Gasteiger partial charge < -0.3 is 5.73 Å². The molecule has 0 atom stereocenters. The van der Waals surface area contributed by atoms with Crippen LogP contribution < -0.4 is 5.73 Å². The van der Waals surface area contributed by atoms with Crippen molar-refractivity contribution in [2.45, 2.75) is 6.92 Å². The fourth-order valence-electron chi connectivity index (χ4n) is 2.05. The third-order valence-electron chi connectivity index (χ3n) is 3.11. The summed E-state index contributed by atoms with van der Waals surface area (Å²) in [7, 11) is 0. The van der Waals surface area contributed by atoms with E-state index in [9.17, 15) is 0 Å². The van der Waals surface area contributed by atoms with Crippen molar-refractivity contribution in [3.63, 3.8) is 0 Å². The van der Waals surface area contributed by atoms with E-state index in [1.165, 1.54) is 0 Å². The Balaban J connectivity index is 2.19. The summed E-state index contributed by atoms with van der Waals surface area (Å²) in [5, 5.41) is 12.6. The molecule has 0 bridgehead atoms. The molecule has 3 aromatic rings. The van der Waals surface area contributed by atoms with Crippen molar-refractivity contribution >= 4 is 33.2 Å². The van der Waals surface area contributed by atoms with Crippen LogP contribution in [0.25, 0.3) is 17.1 Å². The minimum Gasteiger partial charge on any atom is -0.399 e. The molecular formula is C14H11BrClN5. The summed E-state index contributed by atoms with van der Waals surface area (Å²) in [5.41, 5.74) is 9.28. The van der Waals surface area contributed by atoms with Gasteiger partial charge in [-0.05, 0) is 69.2 Å². The number of benzene rings is 2. The predicted octanol–water partition coefficient (Wildman–Crippen LogP) is 3.64. The summed E-state index contributed by atoms with van der Waals surface area (Å²) in [4.78, 5) is 0. The van der Waals surface area contributed by atoms with Crippen LogP contribution in [0.2, 0.25) is 5.02 Å². The summed E-state index contributed by atoms with van der Waals surface area (Å²) in [5.74, 6) is 0.628. The summed E-state index contributed by atoms with van der Waals surface area (Å²) in [6, 6.07) is 11.1. The van der Waals surface area contributed by atoms with E-state index in [0.29, 0.717) is 16.5 Å². The average molecular weight is 365 g/mol. The molecule has 2 N–H and O–H groups in total. The van der Waals surface area contributed by atoms with Gasteiger partial charge in [0, 0.05) is 20.7 Å². The van der Waals surface area contributed by atoms with E-state index in [1.54, 1.807) is 16.8 Å². The number of rotatable bonds is 2. The van der Waals surface area contributed by atoms with Crippen LogP contribution in [0, 0.1) is 6.92 Å². The van der Waals surface area contributed by atoms with E-state index >= 15 is 0 Å². The first-order valence-electron chi connectivity index (χ1n) is 6.16. The maximum atomic E-state index is 5.97. The molecule has 2 aromatic carbocycles. The van der Waals surface area contributed by atoms with Crippen LogP contribution in [-0.2, 0) is 0 Å². The first-order valence-corrected chi connectivity index (χ1v) is 7.33. The summed E-state index contributed by atoms with van der Waals surface area (Å²) in [6.07, 6.45) is 0. The first-order chi connectivity index (χ1) is 10.1. The van der Waals surface area contributed by atoms with Gasteiger partial charge in [0.15, 0.2) is 5.82 Å². The number of aryl methyl sites for hydroxylation is 1. The lowest BCUT2D eigenvalue weighted by Gasteiger charge is -2.09. The standard InChI is InChI=1S/C14H11BrClN5/c1-8-2-4-10(17)7-11(8)14-18-19-20-21(14)13-5-3-9(16)6-12(13)15/h2-7H,17H2,1H3. The van der Waals surface area contributed by atoms with Crippen molar-refractivity contribution in [3.8, 4) is 17.1 Å². The predicted molar refractivity (Wildman–Crippen MR) is 86.4 cm³/mol. The van der Waals surface area contributed by atoms with Gasteiger partial charge in [-0.2, -0.15) is 4.68 Å². The van der Waals surface area contributed by atoms with E-state index < -0.39 is 0 Å². The van der Waals surface area contributed by atoms with Crippen molar-refractivity contribution in [3.05, 3.63) is 51.5 Å². The second-order valence-electron chi connectivity index (χ2n) is 4.58. The molecule has 0 aliphatic heterocycles. The molecule has 106 valence electrons. The smallest absolute Gasteiger partial charge is 0.187 e. The average Bonchev–Trinajstić information content (AvgIpc) is 2.90. The maximum Gasteiger partial charge on any atom is 0.187 e. The second-order valence-corrected chi connectivity index (χ2v) is 5.88. The molecule has 0 fully saturated rings. The quantitative estimate of drug-likeness (QED) is 0.705. The molecule has 3 rings (SSSR count). The first kappa shape index (κ1) is 14.0. The summed E-state index contributed by atoms with van der Waals surface area (Å²) >= 11 is 9.46. The molecular weight excluding hydrogens is 354 g/mol. The van der Waals surface area contributed by atoms with Crippen molar-refractivity contribution < 1.29 is 0 Å². The Morgan fingerprint density at radius 1 is 1.19 bits per heavy atom. The molecule has 1 aromatic heterocycles. The van der Waals surface area contributed by atoms with Crippen LogP contribution in [-0.4, -0.2) is 20.2 Å². The molecule has 1 heterocycles. The van der Waals surface area contributed by atoms with Gasteiger partial charge in [0.2, 0.25) is 0 Å². The van der Waals surface area contributed by atoms with Crippen molar-refractivity contribution in [1.29, 1.82) is 0 Å². The number of tetrazole rings is 1. The zero-order valence-electron chi connectivity index (χ0n) is 11.1. The Morgan fingerprint density at radius 3 is 2.76 bits per heavy atom. The number of hydrogen-bond acceptors (Lipinski definition) is 4. The van der Waals surface area contributed by atoms with E-state index in [0.717, 1.165) is 21.3 Å². The SMILES string of the molecule is Cc1ccc(N)cc1-c1nnnn1-c1ccc(Cl)cc1Br. The largest absolute Gasteiger partial charge is 0.399 e. The topological polar surface area (TPSA) is 69.6 Å². The molecule has 0 aliphatic carbocycles. The highest BCUT2D eigenvalue weighted by Crippen LogP contribution is 2.29. The lowest BCUT2D eigenvalue weighted by atomic mass is 10.1. The molecule has 7 heteroatoms. The molecule has 0 radical (unpaired) electrons. The highest BCUT2D eigenvalue weighted by molar-refractivity contribution is 9.10. The van der Waals surface area contributed by atoms with Gasteiger partial charge in [-0.1, -0.05) is 17.7 Å². The van der Waals surface area contributed by atoms with Crippen LogP contribution in [0.15, 0.2) is 40.9 Å². The zero-order valence-corrected chi connectivity index (χ0v) is 13.4. The van der Waals surface area contributed by atoms with Crippen LogP contribution in [0.5, 0.6) is 0 Å². The number of anilines is 1. The minimum atomic E-state index is 0.628. The van der Waals surface area contributed by atoms with Gasteiger partial charge >= 0.3 is 0 Å². The van der Waals surface area contributed by atoms with Gasteiger partial charge in [-0.15, -0.1) is 5.10 Å². The fourth-order valence-corrected chi connectivity index (χ4v) is 2.90. The van der Waals surface area contributed by atoms with Crippen molar-refractivity contribution in [1.82, 2.24) is 20.2 Å². The molecule has 0 unspecified atom stereocenters. The Labute approximate surface area is 134 Å². The number of nitrogens with zero attached hydrogens (tertiary/aromatic N) is 4. The van der Waals surface area contributed by atoms with E-state index in [2.05, 4.69) is 31.5 Å². The van der Waals surface area contributed by atoms with E-state index in [4.69, 9.17) is 17.3 Å². The van der Waals surface area contributed by atoms with E-state index in [1.807, 2.05) is 31.2 Å².